The molecule has 0 unspecified atom stereocenters. The summed E-state index contributed by atoms with van der Waals surface area (Å²) >= 11 is 0. The molecule has 3 aliphatic carbocycles. The van der Waals surface area contributed by atoms with Crippen molar-refractivity contribution in [1.82, 2.24) is 10.6 Å². The fourth-order valence-electron chi connectivity index (χ4n) is 3.52. The molecule has 0 aromatic heterocycles. The van der Waals surface area contributed by atoms with Gasteiger partial charge in [0.1, 0.15) is 0 Å². The van der Waals surface area contributed by atoms with E-state index < -0.39 is 29.1 Å². The minimum Gasteiger partial charge on any atom is -0.481 e. The van der Waals surface area contributed by atoms with Crippen LogP contribution in [0.15, 0.2) is 0 Å². The third-order valence-electron chi connectivity index (χ3n) is 5.08. The number of urea groups is 1. The fourth-order valence-corrected chi connectivity index (χ4v) is 3.52. The Bertz CT molecular complexity index is 427. The van der Waals surface area contributed by atoms with Gasteiger partial charge in [-0.25, -0.2) is 4.79 Å². The predicted octanol–water partition coefficient (Wildman–Crippen LogP) is 2.81. The molecule has 3 aliphatic rings. The Kier molecular flexibility index (Phi) is 4.58. The summed E-state index contributed by atoms with van der Waals surface area (Å²) in [6.07, 6.45) is -2.65. The molecule has 0 aromatic carbocycles. The number of halogens is 3. The van der Waals surface area contributed by atoms with Gasteiger partial charge in [0.05, 0.1) is 5.41 Å². The number of hydrogen-bond acceptors (Lipinski definition) is 2. The van der Waals surface area contributed by atoms with Crippen LogP contribution >= 0.6 is 0 Å². The zero-order chi connectivity index (χ0) is 16.4. The van der Waals surface area contributed by atoms with Gasteiger partial charge in [-0.05, 0) is 44.9 Å². The first kappa shape index (κ1) is 16.9. The normalized spacial score (nSPS) is 30.9. The Morgan fingerprint density at radius 1 is 1.05 bits per heavy atom. The molecule has 3 N–H and O–H groups in total. The Morgan fingerprint density at radius 3 is 2.05 bits per heavy atom. The number of nitrogens with one attached hydrogen (secondary N) is 2. The van der Waals surface area contributed by atoms with Crippen molar-refractivity contribution in [2.75, 3.05) is 6.54 Å². The number of carbonyl (C=O) groups excluding carboxylic acids is 1. The first-order chi connectivity index (χ1) is 10.2. The molecule has 3 rings (SSSR count). The lowest BCUT2D eigenvalue weighted by molar-refractivity contribution is -0.253. The fraction of sp³-hybridized carbons (Fsp3) is 0.857. The molecule has 0 atom stereocenters. The van der Waals surface area contributed by atoms with E-state index in [4.69, 9.17) is 5.11 Å². The lowest BCUT2D eigenvalue weighted by atomic mass is 9.57. The van der Waals surface area contributed by atoms with Gasteiger partial charge in [0.2, 0.25) is 0 Å². The van der Waals surface area contributed by atoms with Gasteiger partial charge in [-0.1, -0.05) is 0 Å². The largest absolute Gasteiger partial charge is 0.481 e. The van der Waals surface area contributed by atoms with Crippen LogP contribution in [-0.2, 0) is 4.79 Å². The zero-order valence-electron chi connectivity index (χ0n) is 12.3. The van der Waals surface area contributed by atoms with Crippen LogP contribution in [0.4, 0.5) is 18.0 Å². The molecule has 22 heavy (non-hydrogen) atoms. The number of aliphatic carboxylic acids is 1. The van der Waals surface area contributed by atoms with E-state index in [0.29, 0.717) is 25.7 Å². The number of fused-ring (bicyclic) bond motifs is 3. The SMILES string of the molecule is O=C(O)CCCNC(=O)NC12CCC(C(F)(F)F)(CC1)CC2. The van der Waals surface area contributed by atoms with Crippen LogP contribution in [0, 0.1) is 5.41 Å². The summed E-state index contributed by atoms with van der Waals surface area (Å²) in [5, 5.41) is 13.9. The number of alkyl halides is 3. The van der Waals surface area contributed by atoms with E-state index in [-0.39, 0.29) is 32.2 Å². The van der Waals surface area contributed by atoms with E-state index in [1.54, 1.807) is 0 Å². The summed E-state index contributed by atoms with van der Waals surface area (Å²) in [4.78, 5) is 22.2. The first-order valence-corrected chi connectivity index (χ1v) is 7.53. The quantitative estimate of drug-likeness (QED) is 0.681. The van der Waals surface area contributed by atoms with Crippen LogP contribution in [-0.4, -0.2) is 35.4 Å². The van der Waals surface area contributed by atoms with E-state index in [1.165, 1.54) is 0 Å². The van der Waals surface area contributed by atoms with Crippen LogP contribution in [0.1, 0.15) is 51.4 Å². The standard InChI is InChI=1S/C14H21F3N2O3/c15-14(16,17)12-3-6-13(7-4-12,8-5-12)19-11(22)18-9-1-2-10(20)21/h1-9H2,(H,20,21)(H2,18,19,22). The number of carbonyl (C=O) groups is 2. The number of hydrogen-bond donors (Lipinski definition) is 3. The number of carboxylic acids is 1. The number of amides is 2. The van der Waals surface area contributed by atoms with Crippen LogP contribution in [0.2, 0.25) is 0 Å². The molecule has 5 nitrogen and oxygen atoms in total. The number of rotatable bonds is 5. The first-order valence-electron chi connectivity index (χ1n) is 7.53. The molecule has 0 spiro atoms. The van der Waals surface area contributed by atoms with E-state index in [2.05, 4.69) is 10.6 Å². The molecule has 0 aliphatic heterocycles. The topological polar surface area (TPSA) is 78.4 Å². The summed E-state index contributed by atoms with van der Waals surface area (Å²) in [6, 6.07) is -0.424. The summed E-state index contributed by atoms with van der Waals surface area (Å²) in [6.45, 7) is 0.237. The van der Waals surface area contributed by atoms with Crippen LogP contribution in [0.5, 0.6) is 0 Å². The molecule has 0 aromatic rings. The molecule has 0 radical (unpaired) electrons. The second-order valence-electron chi connectivity index (χ2n) is 6.44. The van der Waals surface area contributed by atoms with Crippen molar-refractivity contribution in [3.05, 3.63) is 0 Å². The highest BCUT2D eigenvalue weighted by Crippen LogP contribution is 2.59. The smallest absolute Gasteiger partial charge is 0.394 e. The average molecular weight is 322 g/mol. The van der Waals surface area contributed by atoms with E-state index >= 15 is 0 Å². The minimum absolute atomic E-state index is 0.0282. The predicted molar refractivity (Wildman–Crippen MR) is 72.3 cm³/mol. The molecule has 3 saturated carbocycles. The van der Waals surface area contributed by atoms with Crippen LogP contribution < -0.4 is 10.6 Å². The van der Waals surface area contributed by atoms with Gasteiger partial charge < -0.3 is 15.7 Å². The Morgan fingerprint density at radius 2 is 1.59 bits per heavy atom. The number of carboxylic acid groups (broad SMARTS) is 1. The van der Waals surface area contributed by atoms with Crippen molar-refractivity contribution >= 4 is 12.0 Å². The summed E-state index contributed by atoms with van der Waals surface area (Å²) in [5.74, 6) is -0.927. The average Bonchev–Trinajstić information content (AvgIpc) is 2.44. The van der Waals surface area contributed by atoms with Gasteiger partial charge in [0.25, 0.3) is 0 Å². The van der Waals surface area contributed by atoms with Gasteiger partial charge in [0.15, 0.2) is 0 Å². The highest BCUT2D eigenvalue weighted by atomic mass is 19.4. The summed E-state index contributed by atoms with van der Waals surface area (Å²) in [5.41, 5.74) is -2.10. The molecular weight excluding hydrogens is 301 g/mol. The lowest BCUT2D eigenvalue weighted by Gasteiger charge is -2.53. The monoisotopic (exact) mass is 322 g/mol. The second-order valence-corrected chi connectivity index (χ2v) is 6.44. The van der Waals surface area contributed by atoms with Crippen molar-refractivity contribution < 1.29 is 27.9 Å². The molecular formula is C14H21F3N2O3. The molecule has 2 amide bonds. The van der Waals surface area contributed by atoms with Crippen molar-refractivity contribution in [3.63, 3.8) is 0 Å². The maximum atomic E-state index is 13.1. The van der Waals surface area contributed by atoms with Crippen LogP contribution in [0.25, 0.3) is 0 Å². The molecule has 0 heterocycles. The van der Waals surface area contributed by atoms with Crippen molar-refractivity contribution in [2.45, 2.75) is 63.1 Å². The molecule has 126 valence electrons. The molecule has 2 bridgehead atoms. The van der Waals surface area contributed by atoms with E-state index in [9.17, 15) is 22.8 Å². The van der Waals surface area contributed by atoms with Crippen LogP contribution in [0.3, 0.4) is 0 Å². The highest BCUT2D eigenvalue weighted by molar-refractivity contribution is 5.75. The molecule has 3 fully saturated rings. The van der Waals surface area contributed by atoms with Gasteiger partial charge >= 0.3 is 18.2 Å². The third kappa shape index (κ3) is 3.47. The molecule has 0 saturated heterocycles. The highest BCUT2D eigenvalue weighted by Gasteiger charge is 2.61. The Balaban J connectivity index is 1.81. The molecule has 8 heteroatoms. The lowest BCUT2D eigenvalue weighted by Crippen LogP contribution is -2.61. The van der Waals surface area contributed by atoms with Crippen molar-refractivity contribution in [1.29, 1.82) is 0 Å². The van der Waals surface area contributed by atoms with Gasteiger partial charge in [-0.15, -0.1) is 0 Å². The maximum Gasteiger partial charge on any atom is 0.394 e. The van der Waals surface area contributed by atoms with Crippen molar-refractivity contribution in [2.24, 2.45) is 5.41 Å². The summed E-state index contributed by atoms with van der Waals surface area (Å²) < 4.78 is 39.4. The second kappa shape index (κ2) is 5.96. The van der Waals surface area contributed by atoms with Gasteiger partial charge in [-0.3, -0.25) is 4.79 Å². The zero-order valence-corrected chi connectivity index (χ0v) is 12.3. The van der Waals surface area contributed by atoms with Crippen molar-refractivity contribution in [3.8, 4) is 0 Å². The van der Waals surface area contributed by atoms with Gasteiger partial charge in [0, 0.05) is 18.5 Å². The Labute approximate surface area is 126 Å². The minimum atomic E-state index is -4.17. The van der Waals surface area contributed by atoms with E-state index in [1.807, 2.05) is 0 Å². The maximum absolute atomic E-state index is 13.1. The van der Waals surface area contributed by atoms with Gasteiger partial charge in [-0.2, -0.15) is 13.2 Å². The summed E-state index contributed by atoms with van der Waals surface area (Å²) in [7, 11) is 0. The Hall–Kier alpha value is -1.47. The van der Waals surface area contributed by atoms with E-state index in [0.717, 1.165) is 0 Å². The third-order valence-corrected chi connectivity index (χ3v) is 5.08.